The first-order valence-electron chi connectivity index (χ1n) is 9.81. The van der Waals surface area contributed by atoms with Crippen molar-refractivity contribution in [3.8, 4) is 0 Å². The van der Waals surface area contributed by atoms with Crippen LogP contribution in [0.3, 0.4) is 0 Å². The molecule has 2 aromatic rings. The third-order valence-corrected chi connectivity index (χ3v) is 8.54. The molecule has 0 N–H and O–H groups in total. The van der Waals surface area contributed by atoms with Gasteiger partial charge in [0.15, 0.2) is 5.65 Å². The van der Waals surface area contributed by atoms with Crippen LogP contribution >= 0.6 is 45.7 Å². The molecule has 5 heterocycles. The van der Waals surface area contributed by atoms with Gasteiger partial charge in [0.25, 0.3) is 11.5 Å². The largest absolute Gasteiger partial charge is 0.354 e. The number of aryl methyl sites for hydroxylation is 1. The lowest BCUT2D eigenvalue weighted by molar-refractivity contribution is -0.122. The van der Waals surface area contributed by atoms with Crippen molar-refractivity contribution in [2.45, 2.75) is 32.0 Å². The number of likely N-dealkylation sites (tertiary alicyclic amines) is 1. The van der Waals surface area contributed by atoms with E-state index in [9.17, 15) is 14.0 Å². The average Bonchev–Trinajstić information content (AvgIpc) is 2.67. The predicted octanol–water partition coefficient (Wildman–Crippen LogP) is 1.93. The Bertz CT molecular complexity index is 1130. The van der Waals surface area contributed by atoms with Crippen molar-refractivity contribution in [3.63, 3.8) is 0 Å². The number of amides is 1. The number of halogens is 3. The van der Waals surface area contributed by atoms with Gasteiger partial charge < -0.3 is 9.80 Å². The van der Waals surface area contributed by atoms with E-state index < -0.39 is 11.9 Å². The van der Waals surface area contributed by atoms with Crippen LogP contribution in [0.5, 0.6) is 0 Å². The van der Waals surface area contributed by atoms with E-state index in [0.717, 1.165) is 0 Å². The molecule has 5 rings (SSSR count). The van der Waals surface area contributed by atoms with Crippen LogP contribution in [0.4, 0.5) is 15.8 Å². The predicted molar refractivity (Wildman–Crippen MR) is 130 cm³/mol. The summed E-state index contributed by atoms with van der Waals surface area (Å²) in [4.78, 5) is 37.3. The lowest BCUT2D eigenvalue weighted by atomic mass is 9.96. The first kappa shape index (κ1) is 20.8. The molecule has 0 bridgehead atoms. The Kier molecular flexibility index (Phi) is 5.02. The van der Waals surface area contributed by atoms with Gasteiger partial charge in [-0.15, -0.1) is 0 Å². The van der Waals surface area contributed by atoms with Gasteiger partial charge in [-0.05, 0) is 27.0 Å². The van der Waals surface area contributed by atoms with E-state index in [-0.39, 0.29) is 29.2 Å². The summed E-state index contributed by atoms with van der Waals surface area (Å²) in [5.74, 6) is -0.466. The van der Waals surface area contributed by atoms with Crippen LogP contribution in [0, 0.1) is 12.7 Å². The molecule has 2 aromatic heterocycles. The van der Waals surface area contributed by atoms with Gasteiger partial charge in [-0.3, -0.25) is 14.5 Å². The van der Waals surface area contributed by atoms with E-state index in [0.29, 0.717) is 48.6 Å². The van der Waals surface area contributed by atoms with Crippen molar-refractivity contribution in [2.24, 2.45) is 0 Å². The standard InChI is InChI=1S/C19H21FI2N6O2/c1-9-5-25-14(8-26(9)21)18(29)27(11-6-24(3)7-11)16-15(25)12-4-13(20)10(2)23-17(12)28(22)19(16)30/h4,9,11,14H,5-8H2,1-3H3. The Balaban J connectivity index is 1.83. The highest BCUT2D eigenvalue weighted by Gasteiger charge is 2.49. The van der Waals surface area contributed by atoms with Gasteiger partial charge in [-0.25, -0.2) is 15.3 Å². The summed E-state index contributed by atoms with van der Waals surface area (Å²) < 4.78 is 18.2. The van der Waals surface area contributed by atoms with Gasteiger partial charge in [0.1, 0.15) is 17.5 Å². The first-order valence-corrected chi connectivity index (χ1v) is 11.7. The second-order valence-corrected chi connectivity index (χ2v) is 10.6. The number of carbonyl (C=O) groups is 1. The summed E-state index contributed by atoms with van der Waals surface area (Å²) >= 11 is 4.17. The molecule has 160 valence electrons. The van der Waals surface area contributed by atoms with Gasteiger partial charge >= 0.3 is 0 Å². The number of nitrogens with zero attached hydrogens (tertiary/aromatic N) is 6. The lowest BCUT2D eigenvalue weighted by Crippen LogP contribution is -2.69. The van der Waals surface area contributed by atoms with Crippen molar-refractivity contribution in [2.75, 3.05) is 43.0 Å². The van der Waals surface area contributed by atoms with Crippen molar-refractivity contribution >= 4 is 74.0 Å². The highest BCUT2D eigenvalue weighted by Crippen LogP contribution is 2.43. The third-order valence-electron chi connectivity index (χ3n) is 6.30. The van der Waals surface area contributed by atoms with Crippen LogP contribution in [0.1, 0.15) is 12.6 Å². The van der Waals surface area contributed by atoms with Crippen LogP contribution in [0.15, 0.2) is 10.9 Å². The molecule has 2 fully saturated rings. The summed E-state index contributed by atoms with van der Waals surface area (Å²) in [7, 11) is 1.99. The number of aromatic nitrogens is 2. The van der Waals surface area contributed by atoms with Crippen LogP contribution in [0.2, 0.25) is 0 Å². The van der Waals surface area contributed by atoms with Crippen LogP contribution in [-0.4, -0.2) is 73.0 Å². The summed E-state index contributed by atoms with van der Waals surface area (Å²) in [6, 6.07) is 1.18. The average molecular weight is 638 g/mol. The molecule has 2 atom stereocenters. The number of carbonyl (C=O) groups excluding carboxylic acids is 1. The molecule has 0 aliphatic carbocycles. The molecule has 0 saturated carbocycles. The van der Waals surface area contributed by atoms with Crippen LogP contribution in [0.25, 0.3) is 11.0 Å². The Morgan fingerprint density at radius 3 is 2.50 bits per heavy atom. The molecule has 30 heavy (non-hydrogen) atoms. The van der Waals surface area contributed by atoms with E-state index >= 15 is 0 Å². The van der Waals surface area contributed by atoms with Gasteiger partial charge in [0, 0.05) is 60.5 Å². The molecule has 3 aliphatic rings. The molecule has 8 nitrogen and oxygen atoms in total. The van der Waals surface area contributed by atoms with Crippen molar-refractivity contribution in [1.29, 1.82) is 0 Å². The fourth-order valence-electron chi connectivity index (χ4n) is 4.68. The lowest BCUT2D eigenvalue weighted by Gasteiger charge is -2.53. The number of hydrogen-bond donors (Lipinski definition) is 0. The van der Waals surface area contributed by atoms with Crippen molar-refractivity contribution in [1.82, 2.24) is 15.8 Å². The molecule has 2 saturated heterocycles. The second kappa shape index (κ2) is 7.24. The number of hydrogen-bond acceptors (Lipinski definition) is 6. The molecular weight excluding hydrogens is 617 g/mol. The van der Waals surface area contributed by atoms with Gasteiger partial charge in [0.05, 0.1) is 40.3 Å². The Morgan fingerprint density at radius 2 is 1.83 bits per heavy atom. The molecule has 0 radical (unpaired) electrons. The van der Waals surface area contributed by atoms with Crippen LogP contribution < -0.4 is 15.4 Å². The fraction of sp³-hybridized carbons (Fsp3) is 0.526. The quantitative estimate of drug-likeness (QED) is 0.352. The maximum atomic E-state index is 14.6. The molecule has 1 amide bonds. The minimum atomic E-state index is -0.413. The van der Waals surface area contributed by atoms with Crippen molar-refractivity contribution in [3.05, 3.63) is 27.9 Å². The molecule has 2 unspecified atom stereocenters. The highest BCUT2D eigenvalue weighted by atomic mass is 127. The Morgan fingerprint density at radius 1 is 1.13 bits per heavy atom. The Hall–Kier alpha value is -1.06. The zero-order chi connectivity index (χ0) is 21.5. The van der Waals surface area contributed by atoms with E-state index in [1.807, 2.05) is 34.8 Å². The van der Waals surface area contributed by atoms with Gasteiger partial charge in [-0.2, -0.15) is 0 Å². The van der Waals surface area contributed by atoms with E-state index in [2.05, 4.69) is 42.8 Å². The van der Waals surface area contributed by atoms with Gasteiger partial charge in [0.2, 0.25) is 0 Å². The zero-order valence-corrected chi connectivity index (χ0v) is 21.1. The summed E-state index contributed by atoms with van der Waals surface area (Å²) in [5, 5.41) is 0.575. The summed E-state index contributed by atoms with van der Waals surface area (Å²) in [6.45, 7) is 6.23. The number of rotatable bonds is 1. The number of fused-ring (bicyclic) bond motifs is 5. The monoisotopic (exact) mass is 638 g/mol. The second-order valence-electron chi connectivity index (χ2n) is 8.39. The molecule has 0 spiro atoms. The minimum Gasteiger partial charge on any atom is -0.354 e. The molecular formula is C19H21FI2N6O2. The Labute approximate surface area is 201 Å². The van der Waals surface area contributed by atoms with E-state index in [1.54, 1.807) is 11.8 Å². The van der Waals surface area contributed by atoms with E-state index in [4.69, 9.17) is 0 Å². The fourth-order valence-corrected chi connectivity index (χ4v) is 5.83. The number of piperazine rings is 1. The number of anilines is 2. The zero-order valence-electron chi connectivity index (χ0n) is 16.8. The maximum Gasteiger partial charge on any atom is 0.287 e. The van der Waals surface area contributed by atoms with Gasteiger partial charge in [-0.1, -0.05) is 0 Å². The summed E-state index contributed by atoms with van der Waals surface area (Å²) in [6.07, 6.45) is 0. The minimum absolute atomic E-state index is 0.0532. The molecule has 11 heteroatoms. The SMILES string of the molecule is Cc1nc2c(cc1F)c1c(c(=O)n2I)N(C2CN(C)C2)C(=O)C2CN(I)C(C)CN12. The first-order chi connectivity index (χ1) is 14.2. The number of pyridine rings is 2. The van der Waals surface area contributed by atoms with Crippen LogP contribution in [-0.2, 0) is 4.79 Å². The number of likely N-dealkylation sites (N-methyl/N-ethyl adjacent to an activating group) is 1. The molecule has 0 aromatic carbocycles. The smallest absolute Gasteiger partial charge is 0.287 e. The van der Waals surface area contributed by atoms with E-state index in [1.165, 1.54) is 8.85 Å². The normalized spacial score (nSPS) is 25.5. The summed E-state index contributed by atoms with van der Waals surface area (Å²) in [5.41, 5.74) is 1.41. The highest BCUT2D eigenvalue weighted by molar-refractivity contribution is 14.1. The third kappa shape index (κ3) is 2.91. The molecule has 3 aliphatic heterocycles. The maximum absolute atomic E-state index is 14.6. The topological polar surface area (TPSA) is 64.9 Å². The van der Waals surface area contributed by atoms with Crippen molar-refractivity contribution < 1.29 is 9.18 Å².